The molecule has 0 spiro atoms. The number of furan rings is 1. The quantitative estimate of drug-likeness (QED) is 0.863. The molecule has 2 amide bonds. The first-order valence-electron chi connectivity index (χ1n) is 7.82. The Morgan fingerprint density at radius 1 is 1.41 bits per heavy atom. The van der Waals surface area contributed by atoms with E-state index in [1.165, 1.54) is 0 Å². The van der Waals surface area contributed by atoms with Crippen LogP contribution in [-0.4, -0.2) is 55.3 Å². The van der Waals surface area contributed by atoms with Gasteiger partial charge in [0.2, 0.25) is 11.8 Å². The van der Waals surface area contributed by atoms with Crippen molar-refractivity contribution in [1.82, 2.24) is 15.1 Å². The Balaban J connectivity index is 1.84. The molecule has 1 atom stereocenters. The number of carbonyl (C=O) groups excluding carboxylic acids is 2. The Kier molecular flexibility index (Phi) is 6.00. The van der Waals surface area contributed by atoms with Crippen LogP contribution in [0.4, 0.5) is 0 Å². The number of rotatable bonds is 6. The lowest BCUT2D eigenvalue weighted by Gasteiger charge is -2.24. The van der Waals surface area contributed by atoms with Crippen LogP contribution in [0, 0.1) is 0 Å². The maximum Gasteiger partial charge on any atom is 0.239 e. The molecule has 1 aliphatic heterocycles. The zero-order valence-electron chi connectivity index (χ0n) is 13.4. The maximum absolute atomic E-state index is 12.1. The van der Waals surface area contributed by atoms with Crippen molar-refractivity contribution in [2.75, 3.05) is 33.7 Å². The van der Waals surface area contributed by atoms with Gasteiger partial charge in [0.25, 0.3) is 0 Å². The first-order chi connectivity index (χ1) is 10.6. The summed E-state index contributed by atoms with van der Waals surface area (Å²) in [7, 11) is 3.88. The number of hydrogen-bond acceptors (Lipinski definition) is 4. The van der Waals surface area contributed by atoms with Crippen molar-refractivity contribution in [3.8, 4) is 0 Å². The standard InChI is InChI=1S/C16H25N3O3/c1-18(2)13(14-7-6-10-22-14)11-17-15(20)12-19-9-5-3-4-8-16(19)21/h6-7,10,13H,3-5,8-9,11-12H2,1-2H3,(H,17,20). The second-order valence-corrected chi connectivity index (χ2v) is 5.92. The zero-order chi connectivity index (χ0) is 15.9. The van der Waals surface area contributed by atoms with Gasteiger partial charge in [0.05, 0.1) is 18.8 Å². The smallest absolute Gasteiger partial charge is 0.239 e. The lowest BCUT2D eigenvalue weighted by atomic mass is 10.2. The predicted molar refractivity (Wildman–Crippen MR) is 83.2 cm³/mol. The highest BCUT2D eigenvalue weighted by Crippen LogP contribution is 2.17. The van der Waals surface area contributed by atoms with Crippen LogP contribution in [0.3, 0.4) is 0 Å². The van der Waals surface area contributed by atoms with Crippen molar-refractivity contribution in [2.45, 2.75) is 31.7 Å². The normalized spacial score (nSPS) is 17.4. The first kappa shape index (κ1) is 16.5. The molecule has 1 N–H and O–H groups in total. The van der Waals surface area contributed by atoms with Crippen molar-refractivity contribution in [3.63, 3.8) is 0 Å². The van der Waals surface area contributed by atoms with Gasteiger partial charge in [-0.05, 0) is 39.1 Å². The highest BCUT2D eigenvalue weighted by molar-refractivity contribution is 5.84. The highest BCUT2D eigenvalue weighted by Gasteiger charge is 2.21. The summed E-state index contributed by atoms with van der Waals surface area (Å²) in [6.45, 7) is 1.29. The zero-order valence-corrected chi connectivity index (χ0v) is 13.4. The summed E-state index contributed by atoms with van der Waals surface area (Å²) in [4.78, 5) is 27.7. The topological polar surface area (TPSA) is 65.8 Å². The Morgan fingerprint density at radius 3 is 2.91 bits per heavy atom. The monoisotopic (exact) mass is 307 g/mol. The molecule has 122 valence electrons. The van der Waals surface area contributed by atoms with Crippen LogP contribution in [-0.2, 0) is 9.59 Å². The molecule has 2 heterocycles. The average Bonchev–Trinajstić information content (AvgIpc) is 2.92. The SMILES string of the molecule is CN(C)C(CNC(=O)CN1CCCCCC1=O)c1ccco1. The molecule has 22 heavy (non-hydrogen) atoms. The molecule has 0 saturated carbocycles. The van der Waals surface area contributed by atoms with Crippen LogP contribution in [0.2, 0.25) is 0 Å². The molecule has 0 bridgehead atoms. The van der Waals surface area contributed by atoms with E-state index in [4.69, 9.17) is 4.42 Å². The average molecular weight is 307 g/mol. The fraction of sp³-hybridized carbons (Fsp3) is 0.625. The van der Waals surface area contributed by atoms with Gasteiger partial charge in [0.15, 0.2) is 0 Å². The lowest BCUT2D eigenvalue weighted by Crippen LogP contribution is -2.42. The van der Waals surface area contributed by atoms with Gasteiger partial charge in [-0.25, -0.2) is 0 Å². The third-order valence-electron chi connectivity index (χ3n) is 3.99. The van der Waals surface area contributed by atoms with Crippen molar-refractivity contribution in [1.29, 1.82) is 0 Å². The van der Waals surface area contributed by atoms with E-state index < -0.39 is 0 Å². The van der Waals surface area contributed by atoms with E-state index in [1.54, 1.807) is 11.2 Å². The van der Waals surface area contributed by atoms with Crippen LogP contribution in [0.25, 0.3) is 0 Å². The largest absolute Gasteiger partial charge is 0.468 e. The van der Waals surface area contributed by atoms with Gasteiger partial charge in [-0.2, -0.15) is 0 Å². The predicted octanol–water partition coefficient (Wildman–Crippen LogP) is 1.40. The van der Waals surface area contributed by atoms with E-state index in [2.05, 4.69) is 5.32 Å². The van der Waals surface area contributed by atoms with Gasteiger partial charge >= 0.3 is 0 Å². The second-order valence-electron chi connectivity index (χ2n) is 5.92. The molecule has 1 aromatic rings. The molecule has 1 saturated heterocycles. The van der Waals surface area contributed by atoms with Gasteiger partial charge in [-0.1, -0.05) is 6.42 Å². The molecule has 1 aromatic heterocycles. The van der Waals surface area contributed by atoms with Gasteiger partial charge in [0, 0.05) is 19.5 Å². The number of hydrogen-bond donors (Lipinski definition) is 1. The fourth-order valence-corrected chi connectivity index (χ4v) is 2.66. The van der Waals surface area contributed by atoms with Crippen LogP contribution in [0.5, 0.6) is 0 Å². The molecule has 1 fully saturated rings. The van der Waals surface area contributed by atoms with Gasteiger partial charge in [-0.3, -0.25) is 14.5 Å². The molecular formula is C16H25N3O3. The number of nitrogens with one attached hydrogen (secondary N) is 1. The van der Waals surface area contributed by atoms with E-state index in [9.17, 15) is 9.59 Å². The molecule has 0 aliphatic carbocycles. The Hall–Kier alpha value is -1.82. The molecule has 6 nitrogen and oxygen atoms in total. The third kappa shape index (κ3) is 4.59. The van der Waals surface area contributed by atoms with Crippen molar-refractivity contribution < 1.29 is 14.0 Å². The summed E-state index contributed by atoms with van der Waals surface area (Å²) < 4.78 is 5.42. The fourth-order valence-electron chi connectivity index (χ4n) is 2.66. The van der Waals surface area contributed by atoms with Crippen LogP contribution >= 0.6 is 0 Å². The molecular weight excluding hydrogens is 282 g/mol. The van der Waals surface area contributed by atoms with Gasteiger partial charge < -0.3 is 14.6 Å². The maximum atomic E-state index is 12.1. The van der Waals surface area contributed by atoms with E-state index >= 15 is 0 Å². The van der Waals surface area contributed by atoms with E-state index in [0.717, 1.165) is 25.0 Å². The Morgan fingerprint density at radius 2 is 2.23 bits per heavy atom. The van der Waals surface area contributed by atoms with E-state index in [1.807, 2.05) is 31.1 Å². The minimum atomic E-state index is -0.117. The van der Waals surface area contributed by atoms with Crippen LogP contribution in [0.1, 0.15) is 37.5 Å². The Bertz CT molecular complexity index is 485. The molecule has 1 aliphatic rings. The van der Waals surface area contributed by atoms with Crippen molar-refractivity contribution >= 4 is 11.8 Å². The second kappa shape index (κ2) is 7.98. The molecule has 0 aromatic carbocycles. The summed E-state index contributed by atoms with van der Waals surface area (Å²) in [6.07, 6.45) is 5.15. The van der Waals surface area contributed by atoms with Gasteiger partial charge in [0.1, 0.15) is 5.76 Å². The Labute approximate surface area is 131 Å². The first-order valence-corrected chi connectivity index (χ1v) is 7.82. The molecule has 1 unspecified atom stereocenters. The molecule has 6 heteroatoms. The number of likely N-dealkylation sites (tertiary alicyclic amines) is 1. The van der Waals surface area contributed by atoms with Crippen molar-refractivity contribution in [2.24, 2.45) is 0 Å². The number of likely N-dealkylation sites (N-methyl/N-ethyl adjacent to an activating group) is 1. The number of amides is 2. The van der Waals surface area contributed by atoms with Crippen molar-refractivity contribution in [3.05, 3.63) is 24.2 Å². The molecule has 2 rings (SSSR count). The summed E-state index contributed by atoms with van der Waals surface area (Å²) in [5.74, 6) is 0.785. The summed E-state index contributed by atoms with van der Waals surface area (Å²) in [5.41, 5.74) is 0. The summed E-state index contributed by atoms with van der Waals surface area (Å²) in [6, 6.07) is 3.72. The highest BCUT2D eigenvalue weighted by atomic mass is 16.3. The third-order valence-corrected chi connectivity index (χ3v) is 3.99. The van der Waals surface area contributed by atoms with Crippen LogP contribution in [0.15, 0.2) is 22.8 Å². The summed E-state index contributed by atoms with van der Waals surface area (Å²) in [5, 5.41) is 2.91. The van der Waals surface area contributed by atoms with E-state index in [0.29, 0.717) is 19.5 Å². The minimum Gasteiger partial charge on any atom is -0.468 e. The van der Waals surface area contributed by atoms with Crippen LogP contribution < -0.4 is 5.32 Å². The summed E-state index contributed by atoms with van der Waals surface area (Å²) >= 11 is 0. The molecule has 0 radical (unpaired) electrons. The lowest BCUT2D eigenvalue weighted by molar-refractivity contribution is -0.135. The van der Waals surface area contributed by atoms with Gasteiger partial charge in [-0.15, -0.1) is 0 Å². The minimum absolute atomic E-state index is 0.0150. The van der Waals surface area contributed by atoms with E-state index in [-0.39, 0.29) is 24.4 Å². The number of carbonyl (C=O) groups is 2. The number of nitrogens with zero attached hydrogens (tertiary/aromatic N) is 2.